The van der Waals surface area contributed by atoms with Gasteiger partial charge in [-0.1, -0.05) is 11.6 Å². The number of nitrogen functional groups attached to an aromatic ring is 1. The number of methoxy groups -OCH3 is 1. The zero-order chi connectivity index (χ0) is 24.1. The predicted octanol–water partition coefficient (Wildman–Crippen LogP) is 1.94. The smallest absolute Gasteiger partial charge is 0.329 e. The molecule has 1 aromatic heterocycles. The third-order valence-electron chi connectivity index (χ3n) is 6.40. The van der Waals surface area contributed by atoms with Gasteiger partial charge in [0.25, 0.3) is 5.91 Å². The molecule has 1 aromatic carbocycles. The van der Waals surface area contributed by atoms with E-state index < -0.39 is 0 Å². The molecule has 2 aliphatic rings. The molecular formula is C23H31ClN6O4. The fraction of sp³-hybridized carbons (Fsp3) is 0.522. The molecule has 184 valence electrons. The zero-order valence-electron chi connectivity index (χ0n) is 19.3. The first-order valence-corrected chi connectivity index (χ1v) is 11.8. The molecule has 3 heterocycles. The van der Waals surface area contributed by atoms with Crippen LogP contribution in [0, 0.1) is 5.92 Å². The predicted molar refractivity (Wildman–Crippen MR) is 128 cm³/mol. The van der Waals surface area contributed by atoms with Gasteiger partial charge in [-0.25, -0.2) is 9.78 Å². The van der Waals surface area contributed by atoms with Crippen molar-refractivity contribution < 1.29 is 19.1 Å². The molecule has 4 rings (SSSR count). The molecule has 11 heteroatoms. The van der Waals surface area contributed by atoms with Gasteiger partial charge < -0.3 is 25.4 Å². The molecule has 1 atom stereocenters. The largest absolute Gasteiger partial charge is 0.496 e. The molecule has 2 amide bonds. The van der Waals surface area contributed by atoms with E-state index in [1.54, 1.807) is 24.8 Å². The average molecular weight is 491 g/mol. The number of nitrogens with two attached hydrogens (primary N) is 1. The van der Waals surface area contributed by atoms with Gasteiger partial charge in [0.05, 0.1) is 36.1 Å². The number of nitrogens with one attached hydrogen (secondary N) is 1. The second-order valence-electron chi connectivity index (χ2n) is 8.72. The van der Waals surface area contributed by atoms with Crippen molar-refractivity contribution in [1.29, 1.82) is 0 Å². The maximum atomic E-state index is 12.7. The summed E-state index contributed by atoms with van der Waals surface area (Å²) in [4.78, 5) is 33.4. The van der Waals surface area contributed by atoms with Crippen molar-refractivity contribution in [3.63, 3.8) is 0 Å². The van der Waals surface area contributed by atoms with Gasteiger partial charge in [0.2, 0.25) is 0 Å². The van der Waals surface area contributed by atoms with E-state index in [-0.39, 0.29) is 18.0 Å². The van der Waals surface area contributed by atoms with Crippen LogP contribution in [0.5, 0.6) is 5.75 Å². The van der Waals surface area contributed by atoms with Crippen molar-refractivity contribution >= 4 is 29.2 Å². The number of imidazole rings is 1. The van der Waals surface area contributed by atoms with Crippen molar-refractivity contribution in [2.75, 3.05) is 58.7 Å². The number of amides is 2. The summed E-state index contributed by atoms with van der Waals surface area (Å²) in [6.45, 7) is 5.07. The van der Waals surface area contributed by atoms with Crippen molar-refractivity contribution in [3.8, 4) is 5.75 Å². The Morgan fingerprint density at radius 1 is 1.29 bits per heavy atom. The Labute approximate surface area is 203 Å². The first-order chi connectivity index (χ1) is 16.4. The molecule has 3 N–H and O–H groups in total. The summed E-state index contributed by atoms with van der Waals surface area (Å²) < 4.78 is 12.7. The molecule has 0 aliphatic carbocycles. The average Bonchev–Trinajstić information content (AvgIpc) is 3.39. The van der Waals surface area contributed by atoms with Crippen molar-refractivity contribution in [2.45, 2.75) is 18.9 Å². The minimum Gasteiger partial charge on any atom is -0.496 e. The van der Waals surface area contributed by atoms with Gasteiger partial charge >= 0.3 is 6.03 Å². The summed E-state index contributed by atoms with van der Waals surface area (Å²) in [7, 11) is 1.49. The van der Waals surface area contributed by atoms with Crippen molar-refractivity contribution in [1.82, 2.24) is 24.7 Å². The quantitative estimate of drug-likeness (QED) is 0.594. The van der Waals surface area contributed by atoms with E-state index in [0.717, 1.165) is 45.6 Å². The molecule has 0 saturated carbocycles. The van der Waals surface area contributed by atoms with Gasteiger partial charge in [-0.3, -0.25) is 14.3 Å². The Bertz CT molecular complexity index is 994. The number of hydrogen-bond acceptors (Lipinski definition) is 7. The Kier molecular flexibility index (Phi) is 7.91. The van der Waals surface area contributed by atoms with Crippen LogP contribution in [-0.2, 0) is 4.74 Å². The van der Waals surface area contributed by atoms with E-state index in [2.05, 4.69) is 15.2 Å². The molecule has 0 bridgehead atoms. The first kappa shape index (κ1) is 24.3. The van der Waals surface area contributed by atoms with E-state index in [0.29, 0.717) is 41.1 Å². The Morgan fingerprint density at radius 3 is 2.79 bits per heavy atom. The van der Waals surface area contributed by atoms with Gasteiger partial charge in [-0.05, 0) is 24.8 Å². The van der Waals surface area contributed by atoms with Crippen molar-refractivity contribution in [3.05, 3.63) is 41.4 Å². The minimum absolute atomic E-state index is 0.0165. The fourth-order valence-electron chi connectivity index (χ4n) is 4.49. The number of hydrogen-bond donors (Lipinski definition) is 2. The standard InChI is InChI=1S/C23H31ClN6O4/c1-33-21-11-20(25)19(24)10-18(21)22(31)27-12-17-14-28(8-9-34-17)13-16-2-5-29(6-3-16)23(32)30-7-4-26-15-30/h4,7,10-11,15-17H,2-3,5-6,8-9,12-14,25H2,1H3,(H,27,31). The lowest BCUT2D eigenvalue weighted by Gasteiger charge is -2.38. The van der Waals surface area contributed by atoms with Gasteiger partial charge in [-0.15, -0.1) is 0 Å². The number of ether oxygens (including phenoxy) is 2. The highest BCUT2D eigenvalue weighted by molar-refractivity contribution is 6.33. The Morgan fingerprint density at radius 2 is 2.09 bits per heavy atom. The molecule has 0 radical (unpaired) electrons. The van der Waals surface area contributed by atoms with Crippen LogP contribution in [0.3, 0.4) is 0 Å². The highest BCUT2D eigenvalue weighted by atomic mass is 35.5. The summed E-state index contributed by atoms with van der Waals surface area (Å²) in [6.07, 6.45) is 6.67. The summed E-state index contributed by atoms with van der Waals surface area (Å²) in [5, 5.41) is 3.23. The van der Waals surface area contributed by atoms with E-state index >= 15 is 0 Å². The number of carbonyl (C=O) groups is 2. The fourth-order valence-corrected chi connectivity index (χ4v) is 4.66. The molecule has 10 nitrogen and oxygen atoms in total. The van der Waals surface area contributed by atoms with Crippen LogP contribution in [0.15, 0.2) is 30.9 Å². The number of halogens is 1. The molecule has 2 aliphatic heterocycles. The number of likely N-dealkylation sites (tertiary alicyclic amines) is 1. The van der Waals surface area contributed by atoms with E-state index in [1.165, 1.54) is 17.7 Å². The van der Waals surface area contributed by atoms with Crippen LogP contribution < -0.4 is 15.8 Å². The summed E-state index contributed by atoms with van der Waals surface area (Å²) in [5.74, 6) is 0.624. The highest BCUT2D eigenvalue weighted by Gasteiger charge is 2.28. The van der Waals surface area contributed by atoms with Gasteiger partial charge in [-0.2, -0.15) is 0 Å². The highest BCUT2D eigenvalue weighted by Crippen LogP contribution is 2.28. The molecule has 1 unspecified atom stereocenters. The third-order valence-corrected chi connectivity index (χ3v) is 6.73. The molecular weight excluding hydrogens is 460 g/mol. The maximum Gasteiger partial charge on any atom is 0.329 e. The monoisotopic (exact) mass is 490 g/mol. The normalized spacial score (nSPS) is 19.7. The van der Waals surface area contributed by atoms with Gasteiger partial charge in [0, 0.05) is 57.7 Å². The second kappa shape index (κ2) is 11.1. The number of piperidine rings is 1. The number of morpholine rings is 1. The van der Waals surface area contributed by atoms with E-state index in [1.807, 2.05) is 4.90 Å². The number of rotatable bonds is 6. The van der Waals surface area contributed by atoms with Gasteiger partial charge in [0.15, 0.2) is 0 Å². The minimum atomic E-state index is -0.283. The summed E-state index contributed by atoms with van der Waals surface area (Å²) in [6, 6.07) is 3.05. The second-order valence-corrected chi connectivity index (χ2v) is 9.13. The van der Waals surface area contributed by atoms with Crippen LogP contribution in [0.2, 0.25) is 5.02 Å². The van der Waals surface area contributed by atoms with Gasteiger partial charge in [0.1, 0.15) is 12.1 Å². The zero-order valence-corrected chi connectivity index (χ0v) is 20.0. The molecule has 2 aromatic rings. The Balaban J connectivity index is 1.23. The van der Waals surface area contributed by atoms with Crippen LogP contribution in [-0.4, -0.2) is 90.4 Å². The summed E-state index contributed by atoms with van der Waals surface area (Å²) >= 11 is 6.08. The summed E-state index contributed by atoms with van der Waals surface area (Å²) in [5.41, 5.74) is 6.50. The number of anilines is 1. The topological polar surface area (TPSA) is 115 Å². The van der Waals surface area contributed by atoms with Crippen LogP contribution in [0.25, 0.3) is 0 Å². The lowest BCUT2D eigenvalue weighted by Crippen LogP contribution is -2.50. The number of benzene rings is 1. The third kappa shape index (κ3) is 5.81. The molecule has 34 heavy (non-hydrogen) atoms. The number of aromatic nitrogens is 2. The lowest BCUT2D eigenvalue weighted by atomic mass is 9.96. The molecule has 2 fully saturated rings. The number of nitrogens with zero attached hydrogens (tertiary/aromatic N) is 4. The van der Waals surface area contributed by atoms with E-state index in [4.69, 9.17) is 26.8 Å². The first-order valence-electron chi connectivity index (χ1n) is 11.5. The van der Waals surface area contributed by atoms with Crippen molar-refractivity contribution in [2.24, 2.45) is 5.92 Å². The van der Waals surface area contributed by atoms with Crippen LogP contribution >= 0.6 is 11.6 Å². The van der Waals surface area contributed by atoms with Crippen LogP contribution in [0.1, 0.15) is 23.2 Å². The molecule has 2 saturated heterocycles. The maximum absolute atomic E-state index is 12.7. The molecule has 0 spiro atoms. The SMILES string of the molecule is COc1cc(N)c(Cl)cc1C(=O)NCC1CN(CC2CCN(C(=O)n3ccnc3)CC2)CCO1. The Hall–Kier alpha value is -2.82. The lowest BCUT2D eigenvalue weighted by molar-refractivity contribution is -0.0330. The van der Waals surface area contributed by atoms with E-state index in [9.17, 15) is 9.59 Å². The number of carbonyl (C=O) groups excluding carboxylic acids is 2. The van der Waals surface area contributed by atoms with Crippen LogP contribution in [0.4, 0.5) is 10.5 Å².